The Morgan fingerprint density at radius 2 is 2.00 bits per heavy atom. The van der Waals surface area contributed by atoms with Gasteiger partial charge in [-0.2, -0.15) is 0 Å². The molecule has 1 fully saturated rings. The third kappa shape index (κ3) is 4.58. The van der Waals surface area contributed by atoms with Crippen molar-refractivity contribution in [1.29, 1.82) is 0 Å². The first-order valence-electron chi connectivity index (χ1n) is 8.06. The number of thiocarbonyl (C=S) groups is 1. The van der Waals surface area contributed by atoms with Crippen molar-refractivity contribution in [1.82, 2.24) is 4.90 Å². The molecular formula is C19H20NO3S2-. The fourth-order valence-corrected chi connectivity index (χ4v) is 3.97. The molecular weight excluding hydrogens is 354 g/mol. The second-order valence-corrected chi connectivity index (χ2v) is 7.68. The van der Waals surface area contributed by atoms with E-state index >= 15 is 0 Å². The van der Waals surface area contributed by atoms with Crippen molar-refractivity contribution in [2.75, 3.05) is 0 Å². The van der Waals surface area contributed by atoms with Gasteiger partial charge in [0.15, 0.2) is 0 Å². The van der Waals surface area contributed by atoms with Crippen LogP contribution in [0.3, 0.4) is 0 Å². The summed E-state index contributed by atoms with van der Waals surface area (Å²) in [6.07, 6.45) is 4.31. The van der Waals surface area contributed by atoms with E-state index in [0.717, 1.165) is 22.9 Å². The van der Waals surface area contributed by atoms with Gasteiger partial charge in [0, 0.05) is 0 Å². The fraction of sp³-hybridized carbons (Fsp3) is 0.316. The average Bonchev–Trinajstić information content (AvgIpc) is 2.83. The molecule has 0 aliphatic carbocycles. The van der Waals surface area contributed by atoms with Crippen LogP contribution in [-0.4, -0.2) is 27.1 Å². The summed E-state index contributed by atoms with van der Waals surface area (Å²) in [5.74, 6) is -1.89. The molecule has 1 aromatic rings. The summed E-state index contributed by atoms with van der Waals surface area (Å²) >= 11 is 6.39. The second-order valence-electron chi connectivity index (χ2n) is 6.00. The van der Waals surface area contributed by atoms with E-state index in [9.17, 15) is 14.7 Å². The lowest BCUT2D eigenvalue weighted by Crippen LogP contribution is -2.53. The molecule has 132 valence electrons. The number of carbonyl (C=O) groups excluding carboxylic acids is 2. The monoisotopic (exact) mass is 374 g/mol. The number of amides is 1. The highest BCUT2D eigenvalue weighted by Gasteiger charge is 2.39. The van der Waals surface area contributed by atoms with Gasteiger partial charge in [0.25, 0.3) is 5.91 Å². The van der Waals surface area contributed by atoms with Crippen LogP contribution in [0.5, 0.6) is 0 Å². The van der Waals surface area contributed by atoms with Crippen LogP contribution < -0.4 is 5.11 Å². The minimum atomic E-state index is -1.27. The van der Waals surface area contributed by atoms with Crippen molar-refractivity contribution in [3.63, 3.8) is 0 Å². The number of carboxylic acid groups (broad SMARTS) is 1. The zero-order valence-electron chi connectivity index (χ0n) is 14.4. The Kier molecular flexibility index (Phi) is 6.56. The van der Waals surface area contributed by atoms with Crippen molar-refractivity contribution < 1.29 is 14.7 Å². The number of rotatable bonds is 6. The highest BCUT2D eigenvalue weighted by atomic mass is 32.2. The Morgan fingerprint density at radius 3 is 2.56 bits per heavy atom. The first-order valence-corrected chi connectivity index (χ1v) is 9.29. The van der Waals surface area contributed by atoms with Gasteiger partial charge in [0.05, 0.1) is 16.9 Å². The molecule has 0 radical (unpaired) electrons. The molecule has 4 nitrogen and oxygen atoms in total. The molecule has 0 saturated carbocycles. The lowest BCUT2D eigenvalue weighted by molar-refractivity contribution is -0.311. The van der Waals surface area contributed by atoms with Crippen molar-refractivity contribution in [3.8, 4) is 0 Å². The quantitative estimate of drug-likeness (QED) is 0.566. The van der Waals surface area contributed by atoms with Crippen LogP contribution in [0.2, 0.25) is 0 Å². The number of carboxylic acids is 1. The largest absolute Gasteiger partial charge is 0.548 e. The molecule has 25 heavy (non-hydrogen) atoms. The first kappa shape index (κ1) is 19.4. The number of allylic oxidation sites excluding steroid dienone is 2. The van der Waals surface area contributed by atoms with Crippen molar-refractivity contribution in [2.24, 2.45) is 5.92 Å². The Balaban J connectivity index is 2.28. The SMILES string of the molecule is CC[C@@H](C)[C@@H](C(=O)[O-])N1C(=O)/C(=C/C(C)=C/c2ccccc2)SC1=S. The van der Waals surface area contributed by atoms with Crippen LogP contribution in [-0.2, 0) is 9.59 Å². The molecule has 1 aliphatic rings. The Bertz CT molecular complexity index is 740. The van der Waals surface area contributed by atoms with Gasteiger partial charge in [0.1, 0.15) is 4.32 Å². The second kappa shape index (κ2) is 8.45. The summed E-state index contributed by atoms with van der Waals surface area (Å²) in [6, 6.07) is 8.72. The molecule has 1 aliphatic heterocycles. The molecule has 0 N–H and O–H groups in total. The van der Waals surface area contributed by atoms with E-state index in [-0.39, 0.29) is 16.1 Å². The first-order chi connectivity index (χ1) is 11.8. The van der Waals surface area contributed by atoms with E-state index in [1.807, 2.05) is 50.3 Å². The van der Waals surface area contributed by atoms with Crippen LogP contribution in [0.4, 0.5) is 0 Å². The van der Waals surface area contributed by atoms with Crippen LogP contribution >= 0.6 is 24.0 Å². The van der Waals surface area contributed by atoms with Gasteiger partial charge in [-0.1, -0.05) is 80.7 Å². The number of nitrogens with zero attached hydrogens (tertiary/aromatic N) is 1. The predicted molar refractivity (Wildman–Crippen MR) is 103 cm³/mol. The Hall–Kier alpha value is -1.92. The van der Waals surface area contributed by atoms with Crippen molar-refractivity contribution in [2.45, 2.75) is 33.2 Å². The Labute approximate surface area is 157 Å². The van der Waals surface area contributed by atoms with Gasteiger partial charge in [0.2, 0.25) is 0 Å². The molecule has 0 aromatic heterocycles. The smallest absolute Gasteiger partial charge is 0.266 e. The number of thioether (sulfide) groups is 1. The summed E-state index contributed by atoms with van der Waals surface area (Å²) in [4.78, 5) is 25.9. The zero-order chi connectivity index (χ0) is 18.6. The number of carbonyl (C=O) groups is 2. The van der Waals surface area contributed by atoms with Crippen LogP contribution in [0, 0.1) is 5.92 Å². The van der Waals surface area contributed by atoms with E-state index in [1.54, 1.807) is 13.0 Å². The lowest BCUT2D eigenvalue weighted by atomic mass is 9.98. The maximum atomic E-state index is 12.7. The summed E-state index contributed by atoms with van der Waals surface area (Å²) in [5.41, 5.74) is 1.92. The van der Waals surface area contributed by atoms with Gasteiger partial charge in [-0.15, -0.1) is 0 Å². The standard InChI is InChI=1S/C19H21NO3S2/c1-4-13(3)16(18(22)23)20-17(21)15(25-19(20)24)11-12(2)10-14-8-6-5-7-9-14/h5-11,13,16H,4H2,1-3H3,(H,22,23)/p-1/b12-10+,15-11-/t13-,16+/m1/s1. The topological polar surface area (TPSA) is 60.4 Å². The number of hydrogen-bond acceptors (Lipinski definition) is 5. The third-order valence-electron chi connectivity index (χ3n) is 4.08. The van der Waals surface area contributed by atoms with E-state index in [2.05, 4.69) is 0 Å². The third-order valence-corrected chi connectivity index (χ3v) is 5.41. The molecule has 1 amide bonds. The highest BCUT2D eigenvalue weighted by molar-refractivity contribution is 8.26. The van der Waals surface area contributed by atoms with E-state index < -0.39 is 12.0 Å². The van der Waals surface area contributed by atoms with E-state index in [0.29, 0.717) is 11.3 Å². The maximum absolute atomic E-state index is 12.7. The number of benzene rings is 1. The average molecular weight is 375 g/mol. The summed E-state index contributed by atoms with van der Waals surface area (Å²) in [5, 5.41) is 11.5. The molecule has 0 bridgehead atoms. The van der Waals surface area contributed by atoms with Crippen molar-refractivity contribution in [3.05, 3.63) is 52.4 Å². The summed E-state index contributed by atoms with van der Waals surface area (Å²) in [7, 11) is 0. The minimum absolute atomic E-state index is 0.243. The molecule has 0 spiro atoms. The molecule has 1 aromatic carbocycles. The number of hydrogen-bond donors (Lipinski definition) is 0. The van der Waals surface area contributed by atoms with Crippen molar-refractivity contribution >= 4 is 46.3 Å². The van der Waals surface area contributed by atoms with Gasteiger partial charge in [-0.05, 0) is 30.1 Å². The lowest BCUT2D eigenvalue weighted by Gasteiger charge is -2.32. The molecule has 2 atom stereocenters. The molecule has 1 heterocycles. The normalized spacial score (nSPS) is 19.4. The van der Waals surface area contributed by atoms with Crippen LogP contribution in [0.1, 0.15) is 32.8 Å². The minimum Gasteiger partial charge on any atom is -0.548 e. The van der Waals surface area contributed by atoms with Gasteiger partial charge >= 0.3 is 0 Å². The Morgan fingerprint density at radius 1 is 1.36 bits per heavy atom. The zero-order valence-corrected chi connectivity index (χ0v) is 16.0. The predicted octanol–water partition coefficient (Wildman–Crippen LogP) is 3.00. The number of aliphatic carboxylic acids is 1. The van der Waals surface area contributed by atoms with Crippen LogP contribution in [0.15, 0.2) is 46.9 Å². The van der Waals surface area contributed by atoms with Crippen LogP contribution in [0.25, 0.3) is 6.08 Å². The van der Waals surface area contributed by atoms with Gasteiger partial charge < -0.3 is 9.90 Å². The highest BCUT2D eigenvalue weighted by Crippen LogP contribution is 2.35. The molecule has 6 heteroatoms. The summed E-state index contributed by atoms with van der Waals surface area (Å²) in [6.45, 7) is 5.55. The molecule has 0 unspecified atom stereocenters. The molecule has 2 rings (SSSR count). The fourth-order valence-electron chi connectivity index (χ4n) is 2.60. The van der Waals surface area contributed by atoms with E-state index in [1.165, 1.54) is 4.90 Å². The molecule has 1 saturated heterocycles. The summed E-state index contributed by atoms with van der Waals surface area (Å²) < 4.78 is 0.262. The van der Waals surface area contributed by atoms with Gasteiger partial charge in [-0.25, -0.2) is 0 Å². The maximum Gasteiger partial charge on any atom is 0.266 e. The van der Waals surface area contributed by atoms with E-state index in [4.69, 9.17) is 12.2 Å². The van der Waals surface area contributed by atoms with Gasteiger partial charge in [-0.3, -0.25) is 9.69 Å².